The molecule has 0 saturated carbocycles. The minimum atomic E-state index is -0.0648. The summed E-state index contributed by atoms with van der Waals surface area (Å²) in [5.74, 6) is 0.0699. The molecule has 0 spiro atoms. The van der Waals surface area contributed by atoms with E-state index in [9.17, 15) is 9.59 Å². The molecule has 172 valence electrons. The molecule has 2 saturated heterocycles. The number of rotatable bonds is 3. The lowest BCUT2D eigenvalue weighted by Gasteiger charge is -2.32. The van der Waals surface area contributed by atoms with E-state index >= 15 is 0 Å². The number of hydrogen-bond donors (Lipinski definition) is 0. The Labute approximate surface area is 194 Å². The Kier molecular flexibility index (Phi) is 5.66. The molecular formula is C26H31N5O2. The normalized spacial score (nSPS) is 19.4. The molecule has 1 atom stereocenters. The number of carbonyl (C=O) groups excluding carboxylic acids is 2. The molecule has 2 amide bonds. The first-order valence-electron chi connectivity index (χ1n) is 11.7. The van der Waals surface area contributed by atoms with Gasteiger partial charge in [-0.2, -0.15) is 0 Å². The van der Waals surface area contributed by atoms with Crippen molar-refractivity contribution in [2.75, 3.05) is 39.8 Å². The largest absolute Gasteiger partial charge is 0.340 e. The maximum Gasteiger partial charge on any atom is 0.271 e. The molecule has 33 heavy (non-hydrogen) atoms. The Hall–Kier alpha value is -3.19. The number of hydrogen-bond acceptors (Lipinski definition) is 4. The summed E-state index contributed by atoms with van der Waals surface area (Å²) in [5, 5.41) is 1.08. The molecule has 0 aliphatic carbocycles. The van der Waals surface area contributed by atoms with Crippen molar-refractivity contribution in [3.05, 3.63) is 65.1 Å². The molecule has 3 aromatic rings. The van der Waals surface area contributed by atoms with Gasteiger partial charge in [0, 0.05) is 56.9 Å². The van der Waals surface area contributed by atoms with Gasteiger partial charge in [-0.25, -0.2) is 0 Å². The summed E-state index contributed by atoms with van der Waals surface area (Å²) in [7, 11) is 4.03. The summed E-state index contributed by atoms with van der Waals surface area (Å²) in [6.45, 7) is 6.05. The van der Waals surface area contributed by atoms with E-state index in [0.29, 0.717) is 17.8 Å². The summed E-state index contributed by atoms with van der Waals surface area (Å²) in [4.78, 5) is 37.1. The zero-order valence-corrected chi connectivity index (χ0v) is 19.6. The van der Waals surface area contributed by atoms with Crippen LogP contribution in [0.2, 0.25) is 0 Å². The number of amides is 2. The van der Waals surface area contributed by atoms with Crippen LogP contribution in [0.15, 0.2) is 42.6 Å². The van der Waals surface area contributed by atoms with Gasteiger partial charge in [0.2, 0.25) is 0 Å². The molecule has 0 unspecified atom stereocenters. The van der Waals surface area contributed by atoms with Crippen LogP contribution >= 0.6 is 0 Å². The van der Waals surface area contributed by atoms with E-state index in [0.717, 1.165) is 55.6 Å². The fourth-order valence-electron chi connectivity index (χ4n) is 5.06. The number of likely N-dealkylation sites (N-methyl/N-ethyl adjacent to an activating group) is 1. The quantitative estimate of drug-likeness (QED) is 0.621. The first kappa shape index (κ1) is 21.6. The molecule has 0 radical (unpaired) electrons. The highest BCUT2D eigenvalue weighted by Gasteiger charge is 2.33. The third kappa shape index (κ3) is 4.02. The lowest BCUT2D eigenvalue weighted by atomic mass is 10.1. The average molecular weight is 446 g/mol. The number of aryl methyl sites for hydroxylation is 2. The Morgan fingerprint density at radius 3 is 2.45 bits per heavy atom. The highest BCUT2D eigenvalue weighted by atomic mass is 16.2. The molecule has 0 N–H and O–H groups in total. The van der Waals surface area contributed by atoms with Crippen molar-refractivity contribution in [3.8, 4) is 0 Å². The van der Waals surface area contributed by atoms with Gasteiger partial charge < -0.3 is 19.3 Å². The summed E-state index contributed by atoms with van der Waals surface area (Å²) in [5.41, 5.74) is 4.41. The smallest absolute Gasteiger partial charge is 0.271 e. The van der Waals surface area contributed by atoms with Gasteiger partial charge in [0.25, 0.3) is 11.8 Å². The van der Waals surface area contributed by atoms with Gasteiger partial charge in [-0.1, -0.05) is 11.6 Å². The first-order chi connectivity index (χ1) is 15.9. The predicted molar refractivity (Wildman–Crippen MR) is 128 cm³/mol. The molecule has 7 nitrogen and oxygen atoms in total. The molecule has 7 heteroatoms. The van der Waals surface area contributed by atoms with Gasteiger partial charge in [0.15, 0.2) is 0 Å². The zero-order chi connectivity index (χ0) is 23.1. The van der Waals surface area contributed by atoms with E-state index in [1.807, 2.05) is 39.6 Å². The maximum atomic E-state index is 13.5. The third-order valence-electron chi connectivity index (χ3n) is 7.10. The minimum Gasteiger partial charge on any atom is -0.340 e. The van der Waals surface area contributed by atoms with Gasteiger partial charge in [-0.3, -0.25) is 14.6 Å². The highest BCUT2D eigenvalue weighted by molar-refractivity contribution is 5.99. The van der Waals surface area contributed by atoms with Gasteiger partial charge in [0.05, 0.1) is 17.3 Å². The Bertz CT molecular complexity index is 1190. The topological polar surface area (TPSA) is 61.7 Å². The standard InChI is InChI=1S/C26H31N5O2/c1-18-6-9-22-20(15-18)16-24(29(22)3)26(33)31-10-4-5-23(31)21-8-7-19(17-27-21)25(32)30-13-11-28(2)12-14-30/h6-9,15-17,23H,4-5,10-14H2,1-3H3/t23-/m0/s1. The van der Waals surface area contributed by atoms with Crippen molar-refractivity contribution in [1.29, 1.82) is 0 Å². The van der Waals surface area contributed by atoms with Gasteiger partial charge in [-0.15, -0.1) is 0 Å². The predicted octanol–water partition coefficient (Wildman–Crippen LogP) is 3.25. The molecule has 2 aliphatic rings. The molecule has 4 heterocycles. The van der Waals surface area contributed by atoms with E-state index in [2.05, 4.69) is 42.1 Å². The van der Waals surface area contributed by atoms with Crippen LogP contribution in [0.3, 0.4) is 0 Å². The monoisotopic (exact) mass is 445 g/mol. The van der Waals surface area contributed by atoms with E-state index in [4.69, 9.17) is 0 Å². The number of aromatic nitrogens is 2. The summed E-state index contributed by atoms with van der Waals surface area (Å²) in [6.07, 6.45) is 3.51. The summed E-state index contributed by atoms with van der Waals surface area (Å²) >= 11 is 0. The number of pyridine rings is 1. The Balaban J connectivity index is 1.35. The molecular weight excluding hydrogens is 414 g/mol. The second-order valence-corrected chi connectivity index (χ2v) is 9.37. The summed E-state index contributed by atoms with van der Waals surface area (Å²) < 4.78 is 1.98. The van der Waals surface area contributed by atoms with Gasteiger partial charge in [0.1, 0.15) is 5.69 Å². The van der Waals surface area contributed by atoms with Gasteiger partial charge in [-0.05, 0) is 57.1 Å². The molecule has 2 aromatic heterocycles. The SMILES string of the molecule is Cc1ccc2c(c1)cc(C(=O)N1CCC[C@H]1c1ccc(C(=O)N3CCN(C)CC3)cn1)n2C. The molecule has 1 aromatic carbocycles. The fraction of sp³-hybridized carbons (Fsp3) is 0.423. The minimum absolute atomic E-state index is 0.0345. The first-order valence-corrected chi connectivity index (χ1v) is 11.7. The molecule has 5 rings (SSSR count). The lowest BCUT2D eigenvalue weighted by molar-refractivity contribution is 0.0661. The van der Waals surface area contributed by atoms with E-state index in [-0.39, 0.29) is 17.9 Å². The number of benzene rings is 1. The van der Waals surface area contributed by atoms with E-state index in [1.165, 1.54) is 5.56 Å². The number of fused-ring (bicyclic) bond motifs is 1. The van der Waals surface area contributed by atoms with Crippen LogP contribution in [0.5, 0.6) is 0 Å². The van der Waals surface area contributed by atoms with Crippen molar-refractivity contribution in [2.45, 2.75) is 25.8 Å². The number of nitrogens with zero attached hydrogens (tertiary/aromatic N) is 5. The van der Waals surface area contributed by atoms with Crippen molar-refractivity contribution < 1.29 is 9.59 Å². The molecule has 0 bridgehead atoms. The zero-order valence-electron chi connectivity index (χ0n) is 19.6. The second kappa shape index (κ2) is 8.63. The fourth-order valence-corrected chi connectivity index (χ4v) is 5.06. The van der Waals surface area contributed by atoms with Crippen LogP contribution in [0.4, 0.5) is 0 Å². The third-order valence-corrected chi connectivity index (χ3v) is 7.10. The van der Waals surface area contributed by atoms with Crippen LogP contribution < -0.4 is 0 Å². The maximum absolute atomic E-state index is 13.5. The lowest BCUT2D eigenvalue weighted by Crippen LogP contribution is -2.47. The molecule has 2 fully saturated rings. The van der Waals surface area contributed by atoms with Crippen LogP contribution in [0, 0.1) is 6.92 Å². The average Bonchev–Trinajstić information content (AvgIpc) is 3.44. The van der Waals surface area contributed by atoms with Crippen LogP contribution in [-0.2, 0) is 7.05 Å². The molecule has 2 aliphatic heterocycles. The van der Waals surface area contributed by atoms with Crippen LogP contribution in [0.25, 0.3) is 10.9 Å². The van der Waals surface area contributed by atoms with Crippen molar-refractivity contribution in [3.63, 3.8) is 0 Å². The van der Waals surface area contributed by atoms with E-state index in [1.54, 1.807) is 6.20 Å². The van der Waals surface area contributed by atoms with Crippen molar-refractivity contribution in [2.24, 2.45) is 7.05 Å². The van der Waals surface area contributed by atoms with Crippen molar-refractivity contribution in [1.82, 2.24) is 24.3 Å². The van der Waals surface area contributed by atoms with Crippen LogP contribution in [-0.4, -0.2) is 75.8 Å². The second-order valence-electron chi connectivity index (χ2n) is 9.37. The Morgan fingerprint density at radius 2 is 1.73 bits per heavy atom. The van der Waals surface area contributed by atoms with E-state index < -0.39 is 0 Å². The Morgan fingerprint density at radius 1 is 0.939 bits per heavy atom. The summed E-state index contributed by atoms with van der Waals surface area (Å²) in [6, 6.07) is 12.0. The number of piperazine rings is 1. The number of carbonyl (C=O) groups is 2. The number of likely N-dealkylation sites (tertiary alicyclic amines) is 1. The highest BCUT2D eigenvalue weighted by Crippen LogP contribution is 2.33. The van der Waals surface area contributed by atoms with Gasteiger partial charge >= 0.3 is 0 Å². The van der Waals surface area contributed by atoms with Crippen LogP contribution in [0.1, 0.15) is 51.0 Å². The van der Waals surface area contributed by atoms with Crippen molar-refractivity contribution >= 4 is 22.7 Å².